The third kappa shape index (κ3) is 8.56. The molecule has 0 fully saturated rings. The summed E-state index contributed by atoms with van der Waals surface area (Å²) in [5.74, 6) is -0.469. The van der Waals surface area contributed by atoms with Crippen molar-refractivity contribution in [1.29, 1.82) is 0 Å². The maximum Gasteiger partial charge on any atom is 0.407 e. The molecule has 0 heterocycles. The molecule has 20 heavy (non-hydrogen) atoms. The van der Waals surface area contributed by atoms with Crippen molar-refractivity contribution in [3.8, 4) is 0 Å². The summed E-state index contributed by atoms with van der Waals surface area (Å²) in [5.41, 5.74) is 0.331. The molecule has 0 spiro atoms. The van der Waals surface area contributed by atoms with Gasteiger partial charge in [-0.05, 0) is 26.7 Å². The van der Waals surface area contributed by atoms with E-state index in [9.17, 15) is 9.59 Å². The van der Waals surface area contributed by atoms with Crippen molar-refractivity contribution in [3.63, 3.8) is 0 Å². The van der Waals surface area contributed by atoms with Crippen molar-refractivity contribution in [2.75, 3.05) is 6.61 Å². The zero-order valence-electron chi connectivity index (χ0n) is 13.0. The Hall–Kier alpha value is -1.52. The van der Waals surface area contributed by atoms with Crippen molar-refractivity contribution in [2.45, 2.75) is 65.5 Å². The van der Waals surface area contributed by atoms with E-state index in [4.69, 9.17) is 9.47 Å². The lowest BCUT2D eigenvalue weighted by Gasteiger charge is -2.19. The molecule has 1 amide bonds. The standard InChI is InChI=1S/C15H27NO4/c1-6-8-9-12(5)16-15(18)20-13(7-2)10-19-14(17)11(3)4/h12-13H,3,6-10H2,1-2,4-5H3,(H,16,18). The van der Waals surface area contributed by atoms with Crippen molar-refractivity contribution in [3.05, 3.63) is 12.2 Å². The first-order chi connectivity index (χ1) is 9.40. The van der Waals surface area contributed by atoms with E-state index in [1.54, 1.807) is 6.92 Å². The first-order valence-corrected chi connectivity index (χ1v) is 7.20. The zero-order valence-corrected chi connectivity index (χ0v) is 13.0. The predicted octanol–water partition coefficient (Wildman–Crippen LogP) is 3.19. The molecule has 5 nitrogen and oxygen atoms in total. The number of rotatable bonds is 9. The van der Waals surface area contributed by atoms with Crippen LogP contribution in [-0.2, 0) is 14.3 Å². The lowest BCUT2D eigenvalue weighted by Crippen LogP contribution is -2.36. The minimum Gasteiger partial charge on any atom is -0.458 e. The first kappa shape index (κ1) is 18.5. The first-order valence-electron chi connectivity index (χ1n) is 7.20. The van der Waals surface area contributed by atoms with Gasteiger partial charge >= 0.3 is 12.1 Å². The number of nitrogens with one attached hydrogen (secondary N) is 1. The van der Waals surface area contributed by atoms with Gasteiger partial charge in [0.25, 0.3) is 0 Å². The van der Waals surface area contributed by atoms with Gasteiger partial charge < -0.3 is 14.8 Å². The summed E-state index contributed by atoms with van der Waals surface area (Å²) >= 11 is 0. The highest BCUT2D eigenvalue weighted by molar-refractivity contribution is 5.86. The molecular weight excluding hydrogens is 258 g/mol. The fourth-order valence-corrected chi connectivity index (χ4v) is 1.50. The summed E-state index contributed by atoms with van der Waals surface area (Å²) < 4.78 is 10.2. The second kappa shape index (κ2) is 10.3. The van der Waals surface area contributed by atoms with Crippen LogP contribution in [0.2, 0.25) is 0 Å². The normalized spacial score (nSPS) is 13.2. The summed E-state index contributed by atoms with van der Waals surface area (Å²) in [5, 5.41) is 2.77. The lowest BCUT2D eigenvalue weighted by molar-refractivity contribution is -0.142. The molecule has 1 N–H and O–H groups in total. The van der Waals surface area contributed by atoms with E-state index >= 15 is 0 Å². The molecule has 0 saturated heterocycles. The van der Waals surface area contributed by atoms with Gasteiger partial charge in [-0.15, -0.1) is 0 Å². The number of carbonyl (C=O) groups is 2. The highest BCUT2D eigenvalue weighted by Gasteiger charge is 2.16. The molecule has 0 aromatic carbocycles. The van der Waals surface area contributed by atoms with E-state index in [2.05, 4.69) is 18.8 Å². The molecule has 2 unspecified atom stereocenters. The number of esters is 1. The Kier molecular flexibility index (Phi) is 9.51. The predicted molar refractivity (Wildman–Crippen MR) is 78.5 cm³/mol. The van der Waals surface area contributed by atoms with Crippen LogP contribution in [0.15, 0.2) is 12.2 Å². The van der Waals surface area contributed by atoms with Crippen LogP contribution in [0.5, 0.6) is 0 Å². The molecule has 0 aliphatic carbocycles. The van der Waals surface area contributed by atoms with Crippen molar-refractivity contribution >= 4 is 12.1 Å². The van der Waals surface area contributed by atoms with Crippen molar-refractivity contribution < 1.29 is 19.1 Å². The molecule has 0 aliphatic rings. The molecule has 116 valence electrons. The van der Waals surface area contributed by atoms with E-state index in [1.807, 2.05) is 13.8 Å². The average Bonchev–Trinajstić information content (AvgIpc) is 2.40. The van der Waals surface area contributed by atoms with Crippen LogP contribution in [0.25, 0.3) is 0 Å². The topological polar surface area (TPSA) is 64.6 Å². The Morgan fingerprint density at radius 1 is 1.30 bits per heavy atom. The van der Waals surface area contributed by atoms with Gasteiger partial charge in [0.2, 0.25) is 0 Å². The molecule has 0 saturated carbocycles. The fraction of sp³-hybridized carbons (Fsp3) is 0.733. The molecule has 0 radical (unpaired) electrons. The van der Waals surface area contributed by atoms with Gasteiger partial charge in [0.05, 0.1) is 0 Å². The SMILES string of the molecule is C=C(C)C(=O)OCC(CC)OC(=O)NC(C)CCCC. The number of hydrogen-bond donors (Lipinski definition) is 1. The van der Waals surface area contributed by atoms with Gasteiger partial charge in [0.15, 0.2) is 0 Å². The van der Waals surface area contributed by atoms with E-state index in [-0.39, 0.29) is 12.6 Å². The van der Waals surface area contributed by atoms with Crippen molar-refractivity contribution in [1.82, 2.24) is 5.32 Å². The van der Waals surface area contributed by atoms with Crippen LogP contribution in [0, 0.1) is 0 Å². The van der Waals surface area contributed by atoms with E-state index in [0.717, 1.165) is 19.3 Å². The Bertz CT molecular complexity index is 328. The monoisotopic (exact) mass is 285 g/mol. The van der Waals surface area contributed by atoms with Gasteiger partial charge in [-0.2, -0.15) is 0 Å². The lowest BCUT2D eigenvalue weighted by atomic mass is 10.1. The van der Waals surface area contributed by atoms with E-state index < -0.39 is 18.2 Å². The van der Waals surface area contributed by atoms with Crippen LogP contribution < -0.4 is 5.32 Å². The number of ether oxygens (including phenoxy) is 2. The third-order valence-electron chi connectivity index (χ3n) is 2.83. The molecule has 2 atom stereocenters. The van der Waals surface area contributed by atoms with Gasteiger partial charge in [0, 0.05) is 11.6 Å². The quantitative estimate of drug-likeness (QED) is 0.522. The van der Waals surface area contributed by atoms with Crippen LogP contribution >= 0.6 is 0 Å². The summed E-state index contributed by atoms with van der Waals surface area (Å²) in [6, 6.07) is 0.0814. The molecule has 0 aromatic heterocycles. The number of carbonyl (C=O) groups excluding carboxylic acids is 2. The smallest absolute Gasteiger partial charge is 0.407 e. The largest absolute Gasteiger partial charge is 0.458 e. The summed E-state index contributed by atoms with van der Waals surface area (Å²) in [6.07, 6.45) is 2.76. The Morgan fingerprint density at radius 2 is 1.95 bits per heavy atom. The van der Waals surface area contributed by atoms with E-state index in [1.165, 1.54) is 0 Å². The van der Waals surface area contributed by atoms with Gasteiger partial charge in [-0.25, -0.2) is 9.59 Å². The van der Waals surface area contributed by atoms with Crippen molar-refractivity contribution in [2.24, 2.45) is 0 Å². The molecule has 0 rings (SSSR count). The van der Waals surface area contributed by atoms with Crippen LogP contribution in [0.3, 0.4) is 0 Å². The summed E-state index contributed by atoms with van der Waals surface area (Å²) in [4.78, 5) is 22.9. The maximum atomic E-state index is 11.7. The number of amides is 1. The van der Waals surface area contributed by atoms with E-state index in [0.29, 0.717) is 12.0 Å². The van der Waals surface area contributed by atoms with Gasteiger partial charge in [-0.3, -0.25) is 0 Å². The Morgan fingerprint density at radius 3 is 2.45 bits per heavy atom. The van der Waals surface area contributed by atoms with Gasteiger partial charge in [-0.1, -0.05) is 33.3 Å². The zero-order chi connectivity index (χ0) is 15.5. The molecule has 5 heteroatoms. The minimum atomic E-state index is -0.469. The number of hydrogen-bond acceptors (Lipinski definition) is 4. The fourth-order valence-electron chi connectivity index (χ4n) is 1.50. The summed E-state index contributed by atoms with van der Waals surface area (Å²) in [6.45, 7) is 11.0. The molecular formula is C15H27NO4. The number of alkyl carbamates (subject to hydrolysis) is 1. The highest BCUT2D eigenvalue weighted by atomic mass is 16.6. The second-order valence-electron chi connectivity index (χ2n) is 5.00. The maximum absolute atomic E-state index is 11.7. The minimum absolute atomic E-state index is 0.0545. The highest BCUT2D eigenvalue weighted by Crippen LogP contribution is 2.04. The Labute approximate surface area is 121 Å². The molecule has 0 bridgehead atoms. The molecule has 0 aliphatic heterocycles. The summed E-state index contributed by atoms with van der Waals surface area (Å²) in [7, 11) is 0. The number of unbranched alkanes of at least 4 members (excludes halogenated alkanes) is 1. The van der Waals surface area contributed by atoms with Crippen LogP contribution in [-0.4, -0.2) is 30.8 Å². The Balaban J connectivity index is 4.06. The molecule has 0 aromatic rings. The average molecular weight is 285 g/mol. The van der Waals surface area contributed by atoms with Crippen LogP contribution in [0.1, 0.15) is 53.4 Å². The van der Waals surface area contributed by atoms with Gasteiger partial charge in [0.1, 0.15) is 12.7 Å². The second-order valence-corrected chi connectivity index (χ2v) is 5.00. The third-order valence-corrected chi connectivity index (χ3v) is 2.83. The van der Waals surface area contributed by atoms with Crippen LogP contribution in [0.4, 0.5) is 4.79 Å².